The van der Waals surface area contributed by atoms with Crippen molar-refractivity contribution >= 4 is 41.0 Å². The predicted molar refractivity (Wildman–Crippen MR) is 112 cm³/mol. The summed E-state index contributed by atoms with van der Waals surface area (Å²) in [6.07, 6.45) is -0.447. The highest BCUT2D eigenvalue weighted by atomic mass is 35.5. The van der Waals surface area contributed by atoms with Crippen LogP contribution in [0.3, 0.4) is 0 Å². The summed E-state index contributed by atoms with van der Waals surface area (Å²) in [4.78, 5) is 47.2. The number of hydrogen-bond acceptors (Lipinski definition) is 5. The first kappa shape index (κ1) is 22.9. The number of hydrogen-bond donors (Lipinski definition) is 3. The Balaban J connectivity index is 1.66. The zero-order valence-corrected chi connectivity index (χ0v) is 17.3. The molecule has 2 aromatic rings. The van der Waals surface area contributed by atoms with Crippen molar-refractivity contribution in [2.45, 2.75) is 26.7 Å². The van der Waals surface area contributed by atoms with Gasteiger partial charge in [0.25, 0.3) is 11.8 Å². The van der Waals surface area contributed by atoms with Crippen LogP contribution < -0.4 is 16.2 Å². The third-order valence-corrected chi connectivity index (χ3v) is 4.25. The van der Waals surface area contributed by atoms with Crippen molar-refractivity contribution in [1.29, 1.82) is 0 Å². The molecule has 0 aromatic heterocycles. The van der Waals surface area contributed by atoms with Crippen molar-refractivity contribution in [1.82, 2.24) is 10.9 Å². The van der Waals surface area contributed by atoms with Gasteiger partial charge >= 0.3 is 5.97 Å². The number of benzene rings is 2. The molecule has 0 atom stereocenters. The van der Waals surface area contributed by atoms with E-state index in [9.17, 15) is 19.2 Å². The molecule has 0 spiro atoms. The Morgan fingerprint density at radius 1 is 0.900 bits per heavy atom. The fraction of sp³-hybridized carbons (Fsp3) is 0.238. The molecule has 0 radical (unpaired) electrons. The van der Waals surface area contributed by atoms with Crippen molar-refractivity contribution in [3.05, 3.63) is 64.2 Å². The maximum absolute atomic E-state index is 11.9. The van der Waals surface area contributed by atoms with Crippen LogP contribution in [0.4, 0.5) is 5.69 Å². The van der Waals surface area contributed by atoms with Gasteiger partial charge in [0.05, 0.1) is 6.42 Å². The second-order valence-corrected chi connectivity index (χ2v) is 6.97. The highest BCUT2D eigenvalue weighted by Crippen LogP contribution is 2.15. The van der Waals surface area contributed by atoms with Crippen molar-refractivity contribution in [3.63, 3.8) is 0 Å². The standard InChI is InChI=1S/C21H22ClN3O5/c1-13-3-8-17(14(2)11-13)23-19(27)12-30-20(28)10-9-18(26)24-25-21(29)15-4-6-16(22)7-5-15/h3-8,11H,9-10,12H2,1-2H3,(H,23,27)(H,24,26)(H,25,29). The van der Waals surface area contributed by atoms with Crippen LogP contribution in [0.25, 0.3) is 0 Å². The van der Waals surface area contributed by atoms with Crippen LogP contribution in [-0.4, -0.2) is 30.3 Å². The van der Waals surface area contributed by atoms with Crippen LogP contribution in [0, 0.1) is 13.8 Å². The van der Waals surface area contributed by atoms with Gasteiger partial charge in [-0.1, -0.05) is 29.3 Å². The Morgan fingerprint density at radius 3 is 2.27 bits per heavy atom. The number of carbonyl (C=O) groups is 4. The van der Waals surface area contributed by atoms with E-state index in [0.29, 0.717) is 16.3 Å². The number of rotatable bonds is 7. The lowest BCUT2D eigenvalue weighted by Gasteiger charge is -2.10. The van der Waals surface area contributed by atoms with Crippen LogP contribution in [0.15, 0.2) is 42.5 Å². The number of esters is 1. The van der Waals surface area contributed by atoms with E-state index in [1.165, 1.54) is 12.1 Å². The van der Waals surface area contributed by atoms with Gasteiger partial charge in [0.1, 0.15) is 0 Å². The molecule has 0 aliphatic carbocycles. The molecule has 3 amide bonds. The highest BCUT2D eigenvalue weighted by molar-refractivity contribution is 6.30. The van der Waals surface area contributed by atoms with Crippen molar-refractivity contribution in [2.24, 2.45) is 0 Å². The number of nitrogens with one attached hydrogen (secondary N) is 3. The van der Waals surface area contributed by atoms with Gasteiger partial charge in [0.15, 0.2) is 6.61 Å². The molecule has 3 N–H and O–H groups in total. The fourth-order valence-electron chi connectivity index (χ4n) is 2.44. The Bertz CT molecular complexity index is 944. The lowest BCUT2D eigenvalue weighted by Crippen LogP contribution is -2.41. The van der Waals surface area contributed by atoms with Crippen molar-refractivity contribution < 1.29 is 23.9 Å². The molecule has 8 nitrogen and oxygen atoms in total. The van der Waals surface area contributed by atoms with E-state index in [2.05, 4.69) is 16.2 Å². The van der Waals surface area contributed by atoms with Crippen LogP contribution in [0.1, 0.15) is 34.3 Å². The smallest absolute Gasteiger partial charge is 0.306 e. The lowest BCUT2D eigenvalue weighted by atomic mass is 10.1. The predicted octanol–water partition coefficient (Wildman–Crippen LogP) is 2.68. The normalized spacial score (nSPS) is 10.1. The van der Waals surface area contributed by atoms with E-state index in [-0.39, 0.29) is 12.8 Å². The summed E-state index contributed by atoms with van der Waals surface area (Å²) in [5, 5.41) is 3.14. The number of anilines is 1. The molecule has 0 aliphatic heterocycles. The summed E-state index contributed by atoms with van der Waals surface area (Å²) in [6.45, 7) is 3.35. The third-order valence-electron chi connectivity index (χ3n) is 4.00. The van der Waals surface area contributed by atoms with Crippen LogP contribution >= 0.6 is 11.6 Å². The number of hydrazine groups is 1. The average Bonchev–Trinajstić information content (AvgIpc) is 2.71. The number of carbonyl (C=O) groups excluding carboxylic acids is 4. The van der Waals surface area contributed by atoms with E-state index in [4.69, 9.17) is 16.3 Å². The highest BCUT2D eigenvalue weighted by Gasteiger charge is 2.12. The molecule has 0 fully saturated rings. The molecule has 158 valence electrons. The Hall–Kier alpha value is -3.39. The zero-order valence-electron chi connectivity index (χ0n) is 16.6. The summed E-state index contributed by atoms with van der Waals surface area (Å²) < 4.78 is 4.87. The van der Waals surface area contributed by atoms with E-state index < -0.39 is 30.3 Å². The van der Waals surface area contributed by atoms with Crippen LogP contribution in [-0.2, 0) is 19.1 Å². The minimum atomic E-state index is -0.704. The summed E-state index contributed by atoms with van der Waals surface area (Å²) >= 11 is 5.74. The first-order chi connectivity index (χ1) is 14.2. The summed E-state index contributed by atoms with van der Waals surface area (Å²) in [7, 11) is 0. The molecule has 0 aliphatic rings. The molecule has 0 saturated heterocycles. The summed E-state index contributed by atoms with van der Waals surface area (Å²) in [5.41, 5.74) is 7.35. The topological polar surface area (TPSA) is 114 Å². The van der Waals surface area contributed by atoms with E-state index in [1.54, 1.807) is 18.2 Å². The molecular formula is C21H22ClN3O5. The van der Waals surface area contributed by atoms with Crippen molar-refractivity contribution in [2.75, 3.05) is 11.9 Å². The molecule has 0 unspecified atom stereocenters. The van der Waals surface area contributed by atoms with Crippen LogP contribution in [0.2, 0.25) is 5.02 Å². The number of halogens is 1. The summed E-state index contributed by atoms with van der Waals surface area (Å²) in [6, 6.07) is 11.7. The van der Waals surface area contributed by atoms with E-state index in [0.717, 1.165) is 11.1 Å². The molecule has 30 heavy (non-hydrogen) atoms. The van der Waals surface area contributed by atoms with E-state index in [1.807, 2.05) is 26.0 Å². The maximum Gasteiger partial charge on any atom is 0.306 e. The Labute approximate surface area is 178 Å². The third kappa shape index (κ3) is 7.56. The minimum absolute atomic E-state index is 0.210. The molecule has 2 aromatic carbocycles. The van der Waals surface area contributed by atoms with Crippen LogP contribution in [0.5, 0.6) is 0 Å². The summed E-state index contributed by atoms with van der Waals surface area (Å²) in [5.74, 6) is -2.28. The monoisotopic (exact) mass is 431 g/mol. The second-order valence-electron chi connectivity index (χ2n) is 6.54. The molecule has 0 saturated carbocycles. The number of ether oxygens (including phenoxy) is 1. The quantitative estimate of drug-likeness (QED) is 0.460. The van der Waals surface area contributed by atoms with Gasteiger partial charge in [0.2, 0.25) is 5.91 Å². The SMILES string of the molecule is Cc1ccc(NC(=O)COC(=O)CCC(=O)NNC(=O)c2ccc(Cl)cc2)c(C)c1. The Morgan fingerprint density at radius 2 is 1.60 bits per heavy atom. The molecule has 2 rings (SSSR count). The van der Waals surface area contributed by atoms with Gasteiger partial charge in [-0.3, -0.25) is 30.0 Å². The molecule has 0 bridgehead atoms. The average molecular weight is 432 g/mol. The number of aryl methyl sites for hydroxylation is 2. The zero-order chi connectivity index (χ0) is 22.1. The van der Waals surface area contributed by atoms with Crippen molar-refractivity contribution in [3.8, 4) is 0 Å². The first-order valence-electron chi connectivity index (χ1n) is 9.12. The van der Waals surface area contributed by atoms with Gasteiger partial charge in [-0.25, -0.2) is 0 Å². The lowest BCUT2D eigenvalue weighted by molar-refractivity contribution is -0.148. The van der Waals surface area contributed by atoms with E-state index >= 15 is 0 Å². The van der Waals surface area contributed by atoms with Gasteiger partial charge in [-0.15, -0.1) is 0 Å². The second kappa shape index (κ2) is 11.0. The minimum Gasteiger partial charge on any atom is -0.456 e. The fourth-order valence-corrected chi connectivity index (χ4v) is 2.56. The van der Waals surface area contributed by atoms with Gasteiger partial charge < -0.3 is 10.1 Å². The maximum atomic E-state index is 11.9. The molecular weight excluding hydrogens is 410 g/mol. The largest absolute Gasteiger partial charge is 0.456 e. The Kier molecular flexibility index (Phi) is 8.37. The van der Waals surface area contributed by atoms with Gasteiger partial charge in [-0.05, 0) is 49.7 Å². The first-order valence-corrected chi connectivity index (χ1v) is 9.50. The number of amides is 3. The van der Waals surface area contributed by atoms with Gasteiger partial charge in [0, 0.05) is 22.7 Å². The molecule has 0 heterocycles. The molecule has 9 heteroatoms. The van der Waals surface area contributed by atoms with Gasteiger partial charge in [-0.2, -0.15) is 0 Å².